The Labute approximate surface area is 142 Å². The van der Waals surface area contributed by atoms with Crippen molar-refractivity contribution in [1.29, 1.82) is 0 Å². The third-order valence-electron chi connectivity index (χ3n) is 4.47. The molecule has 2 aromatic rings. The van der Waals surface area contributed by atoms with Gasteiger partial charge in [0.2, 0.25) is 0 Å². The lowest BCUT2D eigenvalue weighted by atomic mass is 9.83. The summed E-state index contributed by atoms with van der Waals surface area (Å²) in [6.45, 7) is 4.29. The molecule has 126 valence electrons. The van der Waals surface area contributed by atoms with Crippen LogP contribution in [-0.2, 0) is 9.47 Å². The van der Waals surface area contributed by atoms with Gasteiger partial charge in [-0.25, -0.2) is 9.59 Å². The maximum atomic E-state index is 11.5. The van der Waals surface area contributed by atoms with Crippen LogP contribution in [0, 0.1) is 0 Å². The highest BCUT2D eigenvalue weighted by Crippen LogP contribution is 2.32. The minimum atomic E-state index is -0.333. The van der Waals surface area contributed by atoms with Crippen LogP contribution in [0.1, 0.15) is 57.5 Å². The van der Waals surface area contributed by atoms with Crippen LogP contribution < -0.4 is 0 Å². The van der Waals surface area contributed by atoms with Gasteiger partial charge >= 0.3 is 11.9 Å². The Morgan fingerprint density at radius 3 is 1.21 bits per heavy atom. The first-order valence-corrected chi connectivity index (χ1v) is 7.84. The summed E-state index contributed by atoms with van der Waals surface area (Å²) in [4.78, 5) is 23.0. The lowest BCUT2D eigenvalue weighted by Crippen LogP contribution is -2.07. The Morgan fingerprint density at radius 1 is 0.667 bits per heavy atom. The van der Waals surface area contributed by atoms with Gasteiger partial charge in [0.05, 0.1) is 25.3 Å². The molecule has 0 heterocycles. The van der Waals surface area contributed by atoms with E-state index in [0.29, 0.717) is 11.1 Å². The second-order valence-corrected chi connectivity index (χ2v) is 5.80. The van der Waals surface area contributed by atoms with Gasteiger partial charge in [-0.1, -0.05) is 38.1 Å². The van der Waals surface area contributed by atoms with Crippen molar-refractivity contribution in [1.82, 2.24) is 0 Å². The summed E-state index contributed by atoms with van der Waals surface area (Å²) in [6, 6.07) is 14.9. The first kappa shape index (κ1) is 17.7. The van der Waals surface area contributed by atoms with Gasteiger partial charge in [0.15, 0.2) is 0 Å². The molecule has 0 N–H and O–H groups in total. The van der Waals surface area contributed by atoms with Gasteiger partial charge in [-0.15, -0.1) is 0 Å². The van der Waals surface area contributed by atoms with Crippen LogP contribution in [0.2, 0.25) is 0 Å². The van der Waals surface area contributed by atoms with Gasteiger partial charge in [-0.3, -0.25) is 0 Å². The number of rotatable bonds is 5. The molecule has 4 nitrogen and oxygen atoms in total. The smallest absolute Gasteiger partial charge is 0.337 e. The maximum absolute atomic E-state index is 11.5. The lowest BCUT2D eigenvalue weighted by Gasteiger charge is -2.21. The Bertz CT molecular complexity index is 638. The summed E-state index contributed by atoms with van der Waals surface area (Å²) in [6.07, 6.45) is 0. The minimum absolute atomic E-state index is 0.265. The standard InChI is InChI=1S/C20H22O4/c1-13(15-5-9-17(10-6-15)19(21)23-3)14(2)16-7-11-18(12-8-16)20(22)24-4/h5-14H,1-4H3. The average molecular weight is 326 g/mol. The van der Waals surface area contributed by atoms with E-state index in [0.717, 1.165) is 11.1 Å². The number of ether oxygens (including phenoxy) is 2. The van der Waals surface area contributed by atoms with Gasteiger partial charge in [0.1, 0.15) is 0 Å². The van der Waals surface area contributed by atoms with E-state index in [1.807, 2.05) is 24.3 Å². The van der Waals surface area contributed by atoms with Crippen LogP contribution in [0.3, 0.4) is 0 Å². The number of hydrogen-bond acceptors (Lipinski definition) is 4. The van der Waals surface area contributed by atoms with E-state index in [1.165, 1.54) is 14.2 Å². The maximum Gasteiger partial charge on any atom is 0.337 e. The van der Waals surface area contributed by atoms with Gasteiger partial charge in [0, 0.05) is 0 Å². The molecular weight excluding hydrogens is 304 g/mol. The van der Waals surface area contributed by atoms with Crippen molar-refractivity contribution in [2.75, 3.05) is 14.2 Å². The topological polar surface area (TPSA) is 52.6 Å². The molecule has 0 aliphatic rings. The van der Waals surface area contributed by atoms with Crippen molar-refractivity contribution in [3.8, 4) is 0 Å². The van der Waals surface area contributed by atoms with Gasteiger partial charge < -0.3 is 9.47 Å². The molecular formula is C20H22O4. The molecule has 0 bridgehead atoms. The van der Waals surface area contributed by atoms with Crippen molar-refractivity contribution < 1.29 is 19.1 Å². The fraction of sp³-hybridized carbons (Fsp3) is 0.300. The first-order valence-electron chi connectivity index (χ1n) is 7.84. The number of esters is 2. The second kappa shape index (κ2) is 7.77. The molecule has 0 aromatic heterocycles. The van der Waals surface area contributed by atoms with Crippen LogP contribution in [0.5, 0.6) is 0 Å². The Balaban J connectivity index is 2.15. The molecule has 0 fully saturated rings. The largest absolute Gasteiger partial charge is 0.465 e. The summed E-state index contributed by atoms with van der Waals surface area (Å²) in [5, 5.41) is 0. The summed E-state index contributed by atoms with van der Waals surface area (Å²) in [5.74, 6) is -0.136. The zero-order valence-electron chi connectivity index (χ0n) is 14.4. The van der Waals surface area contributed by atoms with E-state index in [4.69, 9.17) is 9.47 Å². The summed E-state index contributed by atoms with van der Waals surface area (Å²) in [5.41, 5.74) is 3.38. The molecule has 0 amide bonds. The van der Waals surface area contributed by atoms with Crippen LogP contribution in [0.4, 0.5) is 0 Å². The number of carbonyl (C=O) groups excluding carboxylic acids is 2. The number of methoxy groups -OCH3 is 2. The SMILES string of the molecule is COC(=O)c1ccc(C(C)C(C)c2ccc(C(=O)OC)cc2)cc1. The molecule has 4 heteroatoms. The molecule has 2 rings (SSSR count). The van der Waals surface area contributed by atoms with Crippen LogP contribution in [0.15, 0.2) is 48.5 Å². The molecule has 2 unspecified atom stereocenters. The molecule has 0 radical (unpaired) electrons. The molecule has 24 heavy (non-hydrogen) atoms. The lowest BCUT2D eigenvalue weighted by molar-refractivity contribution is 0.0592. The summed E-state index contributed by atoms with van der Waals surface area (Å²) < 4.78 is 9.43. The van der Waals surface area contributed by atoms with Crippen molar-refractivity contribution in [3.05, 3.63) is 70.8 Å². The molecule has 0 spiro atoms. The predicted molar refractivity (Wildman–Crippen MR) is 92.4 cm³/mol. The summed E-state index contributed by atoms with van der Waals surface area (Å²) in [7, 11) is 2.75. The predicted octanol–water partition coefficient (Wildman–Crippen LogP) is 4.17. The third kappa shape index (κ3) is 3.82. The molecule has 0 saturated carbocycles. The van der Waals surface area contributed by atoms with Crippen molar-refractivity contribution in [2.24, 2.45) is 0 Å². The fourth-order valence-electron chi connectivity index (χ4n) is 2.66. The van der Waals surface area contributed by atoms with Crippen molar-refractivity contribution >= 4 is 11.9 Å². The fourth-order valence-corrected chi connectivity index (χ4v) is 2.66. The average Bonchev–Trinajstić information content (AvgIpc) is 2.65. The van der Waals surface area contributed by atoms with Crippen LogP contribution >= 0.6 is 0 Å². The minimum Gasteiger partial charge on any atom is -0.465 e. The highest BCUT2D eigenvalue weighted by molar-refractivity contribution is 5.89. The number of carbonyl (C=O) groups is 2. The zero-order chi connectivity index (χ0) is 17.7. The highest BCUT2D eigenvalue weighted by Gasteiger charge is 2.17. The van der Waals surface area contributed by atoms with Crippen molar-refractivity contribution in [2.45, 2.75) is 25.7 Å². The Morgan fingerprint density at radius 2 is 0.958 bits per heavy atom. The zero-order valence-corrected chi connectivity index (χ0v) is 14.4. The van der Waals surface area contributed by atoms with Crippen LogP contribution in [0.25, 0.3) is 0 Å². The first-order chi connectivity index (χ1) is 11.5. The summed E-state index contributed by atoms with van der Waals surface area (Å²) >= 11 is 0. The van der Waals surface area contributed by atoms with Gasteiger partial charge in [-0.05, 0) is 47.2 Å². The molecule has 0 saturated heterocycles. The normalized spacial score (nSPS) is 13.0. The van der Waals surface area contributed by atoms with Gasteiger partial charge in [0.25, 0.3) is 0 Å². The monoisotopic (exact) mass is 326 g/mol. The Hall–Kier alpha value is -2.62. The number of benzene rings is 2. The van der Waals surface area contributed by atoms with Crippen molar-refractivity contribution in [3.63, 3.8) is 0 Å². The third-order valence-corrected chi connectivity index (χ3v) is 4.47. The second-order valence-electron chi connectivity index (χ2n) is 5.80. The quantitative estimate of drug-likeness (QED) is 0.774. The number of hydrogen-bond donors (Lipinski definition) is 0. The molecule has 0 aliphatic heterocycles. The van der Waals surface area contributed by atoms with E-state index in [-0.39, 0.29) is 23.8 Å². The van der Waals surface area contributed by atoms with E-state index >= 15 is 0 Å². The molecule has 2 aromatic carbocycles. The molecule has 2 atom stereocenters. The van der Waals surface area contributed by atoms with Crippen LogP contribution in [-0.4, -0.2) is 26.2 Å². The van der Waals surface area contributed by atoms with E-state index < -0.39 is 0 Å². The van der Waals surface area contributed by atoms with E-state index in [2.05, 4.69) is 13.8 Å². The highest BCUT2D eigenvalue weighted by atomic mass is 16.5. The van der Waals surface area contributed by atoms with Gasteiger partial charge in [-0.2, -0.15) is 0 Å². The molecule has 0 aliphatic carbocycles. The van der Waals surface area contributed by atoms with E-state index in [9.17, 15) is 9.59 Å². The Kier molecular flexibility index (Phi) is 5.74. The van der Waals surface area contributed by atoms with E-state index in [1.54, 1.807) is 24.3 Å².